The normalized spacial score (nSPS) is 9.94. The van der Waals surface area contributed by atoms with E-state index in [1.807, 2.05) is 18.4 Å². The Morgan fingerprint density at radius 1 is 1.47 bits per heavy atom. The number of carbonyl (C=O) groups is 2. The third-order valence-electron chi connectivity index (χ3n) is 2.07. The van der Waals surface area contributed by atoms with E-state index in [0.29, 0.717) is 30.9 Å². The Hall–Kier alpha value is -1.36. The minimum Gasteiger partial charge on any atom is -0.466 e. The summed E-state index contributed by atoms with van der Waals surface area (Å²) in [5.41, 5.74) is 0. The van der Waals surface area contributed by atoms with Gasteiger partial charge in [-0.25, -0.2) is 0 Å². The molecule has 1 aromatic heterocycles. The molecule has 0 saturated heterocycles. The Morgan fingerprint density at radius 3 is 2.94 bits per heavy atom. The first kappa shape index (κ1) is 13.7. The van der Waals surface area contributed by atoms with E-state index in [2.05, 4.69) is 5.32 Å². The molecule has 1 heterocycles. The summed E-state index contributed by atoms with van der Waals surface area (Å²) < 4.78 is 4.97. The fourth-order valence-electron chi connectivity index (χ4n) is 1.23. The molecule has 0 aliphatic carbocycles. The molecule has 0 aromatic carbocycles. The zero-order valence-electron chi connectivity index (χ0n) is 9.90. The van der Waals surface area contributed by atoms with Gasteiger partial charge in [0.2, 0.25) is 0 Å². The zero-order valence-corrected chi connectivity index (χ0v) is 10.7. The number of esters is 1. The Kier molecular flexibility index (Phi) is 6.32. The summed E-state index contributed by atoms with van der Waals surface area (Å²) in [4.78, 5) is 23.2. The highest BCUT2D eigenvalue weighted by atomic mass is 32.1. The minimum atomic E-state index is -0.169. The average Bonchev–Trinajstić information content (AvgIpc) is 2.82. The molecular formula is C12H17NO3S. The maximum Gasteiger partial charge on any atom is 0.305 e. The summed E-state index contributed by atoms with van der Waals surface area (Å²) >= 11 is 1.41. The monoisotopic (exact) mass is 255 g/mol. The first-order valence-corrected chi connectivity index (χ1v) is 6.59. The summed E-state index contributed by atoms with van der Waals surface area (Å²) in [6, 6.07) is 3.62. The van der Waals surface area contributed by atoms with Crippen LogP contribution in [0.4, 0.5) is 0 Å². The standard InChI is InChI=1S/C12H17NO3S/c1-2-5-11(14)16-8-4-7-13-12(15)10-6-3-9-17-10/h3,6,9H,2,4-5,7-8H2,1H3,(H,13,15). The molecule has 0 spiro atoms. The van der Waals surface area contributed by atoms with Crippen LogP contribution in [0.2, 0.25) is 0 Å². The van der Waals surface area contributed by atoms with Crippen molar-refractivity contribution >= 4 is 23.2 Å². The van der Waals surface area contributed by atoms with Crippen molar-refractivity contribution in [1.82, 2.24) is 5.32 Å². The summed E-state index contributed by atoms with van der Waals surface area (Å²) in [5.74, 6) is -0.239. The maximum absolute atomic E-state index is 11.5. The van der Waals surface area contributed by atoms with Gasteiger partial charge in [0.05, 0.1) is 11.5 Å². The highest BCUT2D eigenvalue weighted by Crippen LogP contribution is 2.07. The molecule has 1 amide bonds. The number of nitrogens with one attached hydrogen (secondary N) is 1. The second-order valence-electron chi connectivity index (χ2n) is 3.56. The number of carbonyl (C=O) groups excluding carboxylic acids is 2. The quantitative estimate of drug-likeness (QED) is 0.600. The predicted molar refractivity (Wildman–Crippen MR) is 67.1 cm³/mol. The molecule has 0 aliphatic rings. The summed E-state index contributed by atoms with van der Waals surface area (Å²) in [6.45, 7) is 2.82. The number of hydrogen-bond donors (Lipinski definition) is 1. The summed E-state index contributed by atoms with van der Waals surface area (Å²) in [7, 11) is 0. The lowest BCUT2D eigenvalue weighted by Crippen LogP contribution is -2.24. The van der Waals surface area contributed by atoms with Gasteiger partial charge in [0, 0.05) is 13.0 Å². The molecule has 0 radical (unpaired) electrons. The van der Waals surface area contributed by atoms with Crippen LogP contribution in [-0.4, -0.2) is 25.0 Å². The highest BCUT2D eigenvalue weighted by Gasteiger charge is 2.05. The molecule has 1 N–H and O–H groups in total. The third kappa shape index (κ3) is 5.49. The van der Waals surface area contributed by atoms with E-state index in [0.717, 1.165) is 6.42 Å². The number of rotatable bonds is 7. The van der Waals surface area contributed by atoms with Crippen molar-refractivity contribution in [2.75, 3.05) is 13.2 Å². The Morgan fingerprint density at radius 2 is 2.29 bits per heavy atom. The third-order valence-corrected chi connectivity index (χ3v) is 2.94. The van der Waals surface area contributed by atoms with Gasteiger partial charge in [-0.2, -0.15) is 0 Å². The molecule has 1 rings (SSSR count). The van der Waals surface area contributed by atoms with Crippen LogP contribution in [0.15, 0.2) is 17.5 Å². The number of thiophene rings is 1. The first-order chi connectivity index (χ1) is 8.24. The molecular weight excluding hydrogens is 238 g/mol. The maximum atomic E-state index is 11.5. The summed E-state index contributed by atoms with van der Waals surface area (Å²) in [5, 5.41) is 4.63. The van der Waals surface area contributed by atoms with Crippen molar-refractivity contribution in [3.63, 3.8) is 0 Å². The van der Waals surface area contributed by atoms with E-state index >= 15 is 0 Å². The van der Waals surface area contributed by atoms with E-state index in [-0.39, 0.29) is 11.9 Å². The van der Waals surface area contributed by atoms with Gasteiger partial charge in [0.1, 0.15) is 0 Å². The van der Waals surface area contributed by atoms with Crippen molar-refractivity contribution in [1.29, 1.82) is 0 Å². The van der Waals surface area contributed by atoms with Gasteiger partial charge in [0.25, 0.3) is 5.91 Å². The van der Waals surface area contributed by atoms with E-state index in [9.17, 15) is 9.59 Å². The van der Waals surface area contributed by atoms with Crippen LogP contribution in [0.1, 0.15) is 35.9 Å². The van der Waals surface area contributed by atoms with Gasteiger partial charge < -0.3 is 10.1 Å². The van der Waals surface area contributed by atoms with Gasteiger partial charge >= 0.3 is 5.97 Å². The highest BCUT2D eigenvalue weighted by molar-refractivity contribution is 7.12. The van der Waals surface area contributed by atoms with Crippen molar-refractivity contribution in [2.45, 2.75) is 26.2 Å². The first-order valence-electron chi connectivity index (χ1n) is 5.71. The molecule has 0 fully saturated rings. The fourth-order valence-corrected chi connectivity index (χ4v) is 1.87. The van der Waals surface area contributed by atoms with Gasteiger partial charge in [-0.15, -0.1) is 11.3 Å². The Balaban J connectivity index is 2.05. The molecule has 1 aromatic rings. The van der Waals surface area contributed by atoms with E-state index < -0.39 is 0 Å². The van der Waals surface area contributed by atoms with Crippen molar-refractivity contribution < 1.29 is 14.3 Å². The molecule has 4 nitrogen and oxygen atoms in total. The second-order valence-corrected chi connectivity index (χ2v) is 4.50. The molecule has 0 saturated carbocycles. The number of hydrogen-bond acceptors (Lipinski definition) is 4. The van der Waals surface area contributed by atoms with Gasteiger partial charge in [0.15, 0.2) is 0 Å². The van der Waals surface area contributed by atoms with Crippen LogP contribution >= 0.6 is 11.3 Å². The van der Waals surface area contributed by atoms with Gasteiger partial charge in [-0.1, -0.05) is 13.0 Å². The predicted octanol–water partition coefficient (Wildman–Crippen LogP) is 2.21. The topological polar surface area (TPSA) is 55.4 Å². The lowest BCUT2D eigenvalue weighted by atomic mass is 10.3. The number of ether oxygens (including phenoxy) is 1. The fraction of sp³-hybridized carbons (Fsp3) is 0.500. The SMILES string of the molecule is CCCC(=O)OCCCNC(=O)c1cccs1. The van der Waals surface area contributed by atoms with Gasteiger partial charge in [-0.3, -0.25) is 9.59 Å². The second kappa shape index (κ2) is 7.84. The van der Waals surface area contributed by atoms with Crippen LogP contribution < -0.4 is 5.32 Å². The smallest absolute Gasteiger partial charge is 0.305 e. The minimum absolute atomic E-state index is 0.0696. The summed E-state index contributed by atoms with van der Waals surface area (Å²) in [6.07, 6.45) is 1.90. The van der Waals surface area contributed by atoms with Crippen LogP contribution in [-0.2, 0) is 9.53 Å². The Bertz CT molecular complexity index is 349. The largest absolute Gasteiger partial charge is 0.466 e. The average molecular weight is 255 g/mol. The number of amides is 1. The Labute approximate surface area is 105 Å². The van der Waals surface area contributed by atoms with Gasteiger partial charge in [-0.05, 0) is 24.3 Å². The van der Waals surface area contributed by atoms with Crippen LogP contribution in [0.3, 0.4) is 0 Å². The molecule has 0 unspecified atom stereocenters. The van der Waals surface area contributed by atoms with E-state index in [1.165, 1.54) is 11.3 Å². The molecule has 94 valence electrons. The van der Waals surface area contributed by atoms with Crippen molar-refractivity contribution in [3.8, 4) is 0 Å². The van der Waals surface area contributed by atoms with E-state index in [4.69, 9.17) is 4.74 Å². The van der Waals surface area contributed by atoms with Crippen LogP contribution in [0.25, 0.3) is 0 Å². The zero-order chi connectivity index (χ0) is 12.5. The van der Waals surface area contributed by atoms with E-state index in [1.54, 1.807) is 6.07 Å². The lowest BCUT2D eigenvalue weighted by molar-refractivity contribution is -0.143. The molecule has 5 heteroatoms. The molecule has 0 atom stereocenters. The molecule has 0 bridgehead atoms. The van der Waals surface area contributed by atoms with Crippen molar-refractivity contribution in [3.05, 3.63) is 22.4 Å². The molecule has 17 heavy (non-hydrogen) atoms. The lowest BCUT2D eigenvalue weighted by Gasteiger charge is -2.05. The van der Waals surface area contributed by atoms with Crippen molar-refractivity contribution in [2.24, 2.45) is 0 Å². The van der Waals surface area contributed by atoms with Crippen LogP contribution in [0.5, 0.6) is 0 Å². The van der Waals surface area contributed by atoms with Crippen LogP contribution in [0, 0.1) is 0 Å². The molecule has 0 aliphatic heterocycles.